The number of rotatable bonds is 1. The molecule has 0 aromatic carbocycles. The van der Waals surface area contributed by atoms with E-state index in [9.17, 15) is 18.0 Å². The summed E-state index contributed by atoms with van der Waals surface area (Å²) in [5, 5.41) is 2.42. The summed E-state index contributed by atoms with van der Waals surface area (Å²) in [6, 6.07) is 3.40. The highest BCUT2D eigenvalue weighted by atomic mass is 19.4. The topological polar surface area (TPSA) is 64.1 Å². The van der Waals surface area contributed by atoms with Crippen LogP contribution >= 0.6 is 0 Å². The van der Waals surface area contributed by atoms with Gasteiger partial charge in [-0.1, -0.05) is 0 Å². The van der Waals surface area contributed by atoms with E-state index < -0.39 is 23.9 Å². The van der Waals surface area contributed by atoms with Crippen molar-refractivity contribution in [2.75, 3.05) is 5.32 Å². The molecule has 5 nitrogen and oxygen atoms in total. The molecule has 3 rings (SSSR count). The van der Waals surface area contributed by atoms with Gasteiger partial charge in [-0.15, -0.1) is 0 Å². The molecule has 2 aromatic rings. The maximum atomic E-state index is 12.8. The second-order valence-corrected chi connectivity index (χ2v) is 4.72. The van der Waals surface area contributed by atoms with Crippen molar-refractivity contribution in [1.82, 2.24) is 9.97 Å². The van der Waals surface area contributed by atoms with Crippen LogP contribution in [0.4, 0.5) is 23.8 Å². The van der Waals surface area contributed by atoms with Gasteiger partial charge >= 0.3 is 12.3 Å². The van der Waals surface area contributed by atoms with E-state index in [4.69, 9.17) is 4.74 Å². The van der Waals surface area contributed by atoms with Gasteiger partial charge in [0.05, 0.1) is 11.3 Å². The highest BCUT2D eigenvalue weighted by Crippen LogP contribution is 2.38. The van der Waals surface area contributed by atoms with Gasteiger partial charge < -0.3 is 4.74 Å². The van der Waals surface area contributed by atoms with Gasteiger partial charge in [0, 0.05) is 23.5 Å². The van der Waals surface area contributed by atoms with Crippen LogP contribution in [0.3, 0.4) is 0 Å². The van der Waals surface area contributed by atoms with Gasteiger partial charge in [-0.2, -0.15) is 13.2 Å². The zero-order valence-electron chi connectivity index (χ0n) is 11.3. The Kier molecular flexibility index (Phi) is 3.23. The van der Waals surface area contributed by atoms with Crippen LogP contribution in [-0.2, 0) is 10.9 Å². The molecule has 0 aliphatic carbocycles. The van der Waals surface area contributed by atoms with Gasteiger partial charge in [-0.25, -0.2) is 9.78 Å². The first-order valence-corrected chi connectivity index (χ1v) is 6.36. The fraction of sp³-hybridized carbons (Fsp3) is 0.214. The Labute approximate surface area is 123 Å². The Hall–Kier alpha value is -2.64. The van der Waals surface area contributed by atoms with E-state index in [1.54, 1.807) is 13.0 Å². The normalized spacial score (nSPS) is 17.5. The number of ether oxygens (including phenoxy) is 1. The number of aromatic nitrogens is 2. The molecule has 1 atom stereocenters. The van der Waals surface area contributed by atoms with Crippen LogP contribution in [0.5, 0.6) is 0 Å². The van der Waals surface area contributed by atoms with Gasteiger partial charge in [-0.05, 0) is 25.1 Å². The molecule has 1 aliphatic rings. The minimum atomic E-state index is -4.46. The molecular weight excluding hydrogens is 299 g/mol. The van der Waals surface area contributed by atoms with Crippen LogP contribution in [0, 0.1) is 0 Å². The van der Waals surface area contributed by atoms with Crippen LogP contribution in [0.25, 0.3) is 11.3 Å². The third kappa shape index (κ3) is 2.47. The highest BCUT2D eigenvalue weighted by molar-refractivity contribution is 5.89. The summed E-state index contributed by atoms with van der Waals surface area (Å²) < 4.78 is 43.5. The number of nitrogens with one attached hydrogen (secondary N) is 1. The zero-order chi connectivity index (χ0) is 15.9. The number of hydrogen-bond acceptors (Lipinski definition) is 4. The first-order chi connectivity index (χ1) is 10.4. The maximum absolute atomic E-state index is 12.8. The van der Waals surface area contributed by atoms with E-state index in [1.807, 2.05) is 0 Å². The van der Waals surface area contributed by atoms with Gasteiger partial charge in [0.25, 0.3) is 0 Å². The predicted octanol–water partition coefficient (Wildman–Crippen LogP) is 3.79. The molecule has 8 heteroatoms. The SMILES string of the molecule is CC1OC(=O)Nc2nccc(-c3cc(C(F)(F)F)ccn3)c21. The minimum absolute atomic E-state index is 0.139. The number of pyridine rings is 2. The van der Waals surface area contributed by atoms with Crippen molar-refractivity contribution in [1.29, 1.82) is 0 Å². The van der Waals surface area contributed by atoms with Crippen molar-refractivity contribution in [2.45, 2.75) is 19.2 Å². The van der Waals surface area contributed by atoms with E-state index in [2.05, 4.69) is 15.3 Å². The molecule has 114 valence electrons. The Balaban J connectivity index is 2.14. The van der Waals surface area contributed by atoms with Crippen molar-refractivity contribution >= 4 is 11.9 Å². The fourth-order valence-electron chi connectivity index (χ4n) is 2.31. The molecule has 1 N–H and O–H groups in total. The molecule has 1 aliphatic heterocycles. The number of halogens is 3. The summed E-state index contributed by atoms with van der Waals surface area (Å²) in [5.41, 5.74) is 0.272. The number of fused-ring (bicyclic) bond motifs is 1. The number of hydrogen-bond donors (Lipinski definition) is 1. The van der Waals surface area contributed by atoms with Crippen molar-refractivity contribution in [3.8, 4) is 11.3 Å². The van der Waals surface area contributed by atoms with Crippen LogP contribution in [0.1, 0.15) is 24.2 Å². The van der Waals surface area contributed by atoms with E-state index in [-0.39, 0.29) is 11.5 Å². The number of carbonyl (C=O) groups excluding carboxylic acids is 1. The Bertz CT molecular complexity index is 746. The lowest BCUT2D eigenvalue weighted by atomic mass is 9.99. The second kappa shape index (κ2) is 4.97. The maximum Gasteiger partial charge on any atom is 0.416 e. The largest absolute Gasteiger partial charge is 0.441 e. The van der Waals surface area contributed by atoms with Gasteiger partial charge in [0.1, 0.15) is 11.9 Å². The van der Waals surface area contributed by atoms with Gasteiger partial charge in [0.15, 0.2) is 0 Å². The van der Waals surface area contributed by atoms with E-state index in [1.165, 1.54) is 6.20 Å². The molecule has 3 heterocycles. The summed E-state index contributed by atoms with van der Waals surface area (Å²) in [6.45, 7) is 1.62. The van der Waals surface area contributed by atoms with Crippen molar-refractivity contribution < 1.29 is 22.7 Å². The standard InChI is InChI=1S/C14H10F3N3O2/c1-7-11-9(3-5-19-12(11)20-13(21)22-7)10-6-8(2-4-18-10)14(15,16)17/h2-7H,1H3,(H,19,20,21). The number of alkyl halides is 3. The van der Waals surface area contributed by atoms with Gasteiger partial charge in [0.2, 0.25) is 0 Å². The summed E-state index contributed by atoms with van der Waals surface area (Å²) in [4.78, 5) is 19.3. The van der Waals surface area contributed by atoms with Crippen LogP contribution in [0.2, 0.25) is 0 Å². The lowest BCUT2D eigenvalue weighted by Gasteiger charge is -2.24. The first kappa shape index (κ1) is 14.3. The Morgan fingerprint density at radius 1 is 1.23 bits per heavy atom. The summed E-state index contributed by atoms with van der Waals surface area (Å²) in [6.07, 6.45) is -3.25. The van der Waals surface area contributed by atoms with E-state index in [0.29, 0.717) is 11.1 Å². The Morgan fingerprint density at radius 2 is 1.95 bits per heavy atom. The summed E-state index contributed by atoms with van der Waals surface area (Å²) >= 11 is 0. The molecule has 0 bridgehead atoms. The number of cyclic esters (lactones) is 1. The number of anilines is 1. The lowest BCUT2D eigenvalue weighted by molar-refractivity contribution is -0.137. The quantitative estimate of drug-likeness (QED) is 0.870. The van der Waals surface area contributed by atoms with E-state index >= 15 is 0 Å². The molecule has 0 fully saturated rings. The van der Waals surface area contributed by atoms with Crippen LogP contribution < -0.4 is 5.32 Å². The highest BCUT2D eigenvalue weighted by Gasteiger charge is 2.32. The second-order valence-electron chi connectivity index (χ2n) is 4.72. The molecule has 22 heavy (non-hydrogen) atoms. The number of nitrogens with zero attached hydrogens (tertiary/aromatic N) is 2. The predicted molar refractivity (Wildman–Crippen MR) is 71.0 cm³/mol. The number of amides is 1. The average molecular weight is 309 g/mol. The molecular formula is C14H10F3N3O2. The molecule has 0 radical (unpaired) electrons. The summed E-state index contributed by atoms with van der Waals surface area (Å²) in [5.74, 6) is 0.264. The number of carbonyl (C=O) groups is 1. The summed E-state index contributed by atoms with van der Waals surface area (Å²) in [7, 11) is 0. The average Bonchev–Trinajstić information content (AvgIpc) is 2.45. The van der Waals surface area contributed by atoms with Crippen LogP contribution in [0.15, 0.2) is 30.6 Å². The third-order valence-electron chi connectivity index (χ3n) is 3.26. The molecule has 0 saturated heterocycles. The fourth-order valence-corrected chi connectivity index (χ4v) is 2.31. The van der Waals surface area contributed by atoms with Crippen molar-refractivity contribution in [3.63, 3.8) is 0 Å². The zero-order valence-corrected chi connectivity index (χ0v) is 11.3. The molecule has 0 spiro atoms. The third-order valence-corrected chi connectivity index (χ3v) is 3.26. The monoisotopic (exact) mass is 309 g/mol. The van der Waals surface area contributed by atoms with E-state index in [0.717, 1.165) is 18.3 Å². The smallest absolute Gasteiger partial charge is 0.416 e. The van der Waals surface area contributed by atoms with Gasteiger partial charge in [-0.3, -0.25) is 10.3 Å². The van der Waals surface area contributed by atoms with Crippen molar-refractivity contribution in [3.05, 3.63) is 41.7 Å². The molecule has 1 amide bonds. The molecule has 2 aromatic heterocycles. The first-order valence-electron chi connectivity index (χ1n) is 6.36. The molecule has 0 saturated carbocycles. The minimum Gasteiger partial charge on any atom is -0.441 e. The Morgan fingerprint density at radius 3 is 2.68 bits per heavy atom. The lowest BCUT2D eigenvalue weighted by Crippen LogP contribution is -2.24. The van der Waals surface area contributed by atoms with Crippen LogP contribution in [-0.4, -0.2) is 16.1 Å². The van der Waals surface area contributed by atoms with Crippen molar-refractivity contribution in [2.24, 2.45) is 0 Å². The molecule has 1 unspecified atom stereocenters.